The second-order valence-corrected chi connectivity index (χ2v) is 7.44. The van der Waals surface area contributed by atoms with Gasteiger partial charge >= 0.3 is 12.4 Å². The molecule has 0 radical (unpaired) electrons. The van der Waals surface area contributed by atoms with Crippen molar-refractivity contribution in [1.29, 1.82) is 0 Å². The van der Waals surface area contributed by atoms with Gasteiger partial charge in [0.2, 0.25) is 5.89 Å². The molecule has 4 nitrogen and oxygen atoms in total. The molecule has 0 aliphatic rings. The van der Waals surface area contributed by atoms with Crippen LogP contribution in [0, 0.1) is 13.8 Å². The number of aromatic nitrogens is 1. The van der Waals surface area contributed by atoms with E-state index in [2.05, 4.69) is 4.98 Å². The molecule has 2 aromatic carbocycles. The average molecular weight is 480 g/mol. The molecule has 0 amide bonds. The summed E-state index contributed by atoms with van der Waals surface area (Å²) in [6.45, 7) is 2.74. The van der Waals surface area contributed by atoms with Crippen LogP contribution in [-0.4, -0.2) is 22.4 Å². The standard InChI is InChI=1S/C21H16ClF6NO3/c1-11-8-14(19(30,20(23,24)25)21(26,27)28)6-7-17(11)31-10-16-12(2)32-18(29-16)13-4-3-5-15(22)9-13/h3-9,30H,10H2,1-2H3. The van der Waals surface area contributed by atoms with Crippen LogP contribution in [0.2, 0.25) is 5.02 Å². The molecule has 0 spiro atoms. The number of hydrogen-bond acceptors (Lipinski definition) is 4. The molecule has 0 aliphatic heterocycles. The highest BCUT2D eigenvalue weighted by molar-refractivity contribution is 6.30. The Morgan fingerprint density at radius 2 is 1.66 bits per heavy atom. The summed E-state index contributed by atoms with van der Waals surface area (Å²) in [5, 5.41) is 10.00. The molecule has 11 heteroatoms. The topological polar surface area (TPSA) is 55.5 Å². The normalized spacial score (nSPS) is 12.8. The van der Waals surface area contributed by atoms with Crippen LogP contribution in [0.4, 0.5) is 26.3 Å². The van der Waals surface area contributed by atoms with Crippen molar-refractivity contribution in [3.63, 3.8) is 0 Å². The number of hydrogen-bond donors (Lipinski definition) is 1. The third-order valence-corrected chi connectivity index (χ3v) is 4.98. The Labute approximate surface area is 183 Å². The summed E-state index contributed by atoms with van der Waals surface area (Å²) in [6, 6.07) is 8.80. The molecule has 1 heterocycles. The van der Waals surface area contributed by atoms with Crippen molar-refractivity contribution in [3.8, 4) is 17.2 Å². The van der Waals surface area contributed by atoms with Gasteiger partial charge in [-0.3, -0.25) is 0 Å². The van der Waals surface area contributed by atoms with Crippen LogP contribution >= 0.6 is 11.6 Å². The van der Waals surface area contributed by atoms with Crippen LogP contribution in [0.5, 0.6) is 5.75 Å². The lowest BCUT2D eigenvalue weighted by Gasteiger charge is -2.33. The zero-order valence-electron chi connectivity index (χ0n) is 16.6. The summed E-state index contributed by atoms with van der Waals surface area (Å²) < 4.78 is 89.5. The Hall–Kier alpha value is -2.72. The molecule has 3 rings (SSSR count). The quantitative estimate of drug-likeness (QED) is 0.424. The van der Waals surface area contributed by atoms with Gasteiger partial charge in [-0.25, -0.2) is 4.98 Å². The summed E-state index contributed by atoms with van der Waals surface area (Å²) in [5.74, 6) is 0.709. The van der Waals surface area contributed by atoms with Crippen LogP contribution in [0.15, 0.2) is 46.9 Å². The first-order valence-electron chi connectivity index (χ1n) is 9.06. The minimum atomic E-state index is -5.96. The van der Waals surface area contributed by atoms with Crippen LogP contribution in [0.3, 0.4) is 0 Å². The van der Waals surface area contributed by atoms with Crippen molar-refractivity contribution in [2.45, 2.75) is 38.4 Å². The Morgan fingerprint density at radius 1 is 1.00 bits per heavy atom. The van der Waals surface area contributed by atoms with Crippen molar-refractivity contribution in [1.82, 2.24) is 4.98 Å². The second kappa shape index (κ2) is 8.32. The molecule has 172 valence electrons. The molecule has 0 unspecified atom stereocenters. The number of aliphatic hydroxyl groups is 1. The maximum atomic E-state index is 13.1. The van der Waals surface area contributed by atoms with Crippen molar-refractivity contribution < 1.29 is 40.6 Å². The van der Waals surface area contributed by atoms with Crippen molar-refractivity contribution in [2.24, 2.45) is 0 Å². The van der Waals surface area contributed by atoms with E-state index < -0.39 is 23.5 Å². The highest BCUT2D eigenvalue weighted by Crippen LogP contribution is 2.50. The van der Waals surface area contributed by atoms with E-state index in [-0.39, 0.29) is 23.8 Å². The van der Waals surface area contributed by atoms with Crippen LogP contribution in [-0.2, 0) is 12.2 Å². The molecule has 0 bridgehead atoms. The molecular weight excluding hydrogens is 464 g/mol. The lowest BCUT2D eigenvalue weighted by Crippen LogP contribution is -2.53. The number of alkyl halides is 6. The molecule has 32 heavy (non-hydrogen) atoms. The third kappa shape index (κ3) is 4.42. The molecule has 1 N–H and O–H groups in total. The fourth-order valence-corrected chi connectivity index (χ4v) is 3.17. The van der Waals surface area contributed by atoms with E-state index in [0.29, 0.717) is 34.2 Å². The second-order valence-electron chi connectivity index (χ2n) is 7.01. The van der Waals surface area contributed by atoms with Crippen LogP contribution < -0.4 is 4.74 Å². The van der Waals surface area contributed by atoms with Gasteiger partial charge in [0.15, 0.2) is 0 Å². The molecule has 1 aromatic heterocycles. The Bertz CT molecular complexity index is 1110. The van der Waals surface area contributed by atoms with Gasteiger partial charge in [0.1, 0.15) is 23.8 Å². The predicted octanol–water partition coefficient (Wildman–Crippen LogP) is 6.50. The third-order valence-electron chi connectivity index (χ3n) is 4.74. The monoisotopic (exact) mass is 479 g/mol. The van der Waals surface area contributed by atoms with Crippen LogP contribution in [0.25, 0.3) is 11.5 Å². The van der Waals surface area contributed by atoms with Crippen molar-refractivity contribution in [2.75, 3.05) is 0 Å². The highest BCUT2D eigenvalue weighted by atomic mass is 35.5. The van der Waals surface area contributed by atoms with Gasteiger partial charge in [-0.05, 0) is 49.7 Å². The van der Waals surface area contributed by atoms with Gasteiger partial charge in [-0.2, -0.15) is 26.3 Å². The van der Waals surface area contributed by atoms with E-state index in [0.717, 1.165) is 6.07 Å². The maximum absolute atomic E-state index is 13.1. The van der Waals surface area contributed by atoms with E-state index >= 15 is 0 Å². The first kappa shape index (κ1) is 23.9. The number of oxazole rings is 1. The molecule has 0 saturated heterocycles. The van der Waals surface area contributed by atoms with Crippen molar-refractivity contribution in [3.05, 3.63) is 70.1 Å². The lowest BCUT2D eigenvalue weighted by molar-refractivity contribution is -0.376. The predicted molar refractivity (Wildman–Crippen MR) is 103 cm³/mol. The molecule has 3 aromatic rings. The maximum Gasteiger partial charge on any atom is 0.430 e. The van der Waals surface area contributed by atoms with E-state index in [4.69, 9.17) is 20.8 Å². The summed E-state index contributed by atoms with van der Waals surface area (Å²) in [6.07, 6.45) is -11.9. The minimum absolute atomic E-state index is 0.0205. The Kier molecular flexibility index (Phi) is 6.23. The minimum Gasteiger partial charge on any atom is -0.487 e. The van der Waals surface area contributed by atoms with Crippen LogP contribution in [0.1, 0.15) is 22.6 Å². The van der Waals surface area contributed by atoms with Gasteiger partial charge in [0, 0.05) is 16.1 Å². The Morgan fingerprint density at radius 3 is 2.22 bits per heavy atom. The fourth-order valence-electron chi connectivity index (χ4n) is 2.98. The number of halogens is 7. The number of aryl methyl sites for hydroxylation is 2. The molecule has 0 fully saturated rings. The SMILES string of the molecule is Cc1cc(C(O)(C(F)(F)F)C(F)(F)F)ccc1OCc1nc(-c2cccc(Cl)c2)oc1C. The molecule has 0 aliphatic carbocycles. The van der Waals surface area contributed by atoms with E-state index in [1.807, 2.05) is 0 Å². The largest absolute Gasteiger partial charge is 0.487 e. The molecule has 0 saturated carbocycles. The first-order chi connectivity index (χ1) is 14.7. The molecular formula is C21H16ClF6NO3. The summed E-state index contributed by atoms with van der Waals surface area (Å²) >= 11 is 5.95. The van der Waals surface area contributed by atoms with Crippen molar-refractivity contribution >= 4 is 11.6 Å². The fraction of sp³-hybridized carbons (Fsp3) is 0.286. The summed E-state index contributed by atoms with van der Waals surface area (Å²) in [5.41, 5.74) is -5.40. The van der Waals surface area contributed by atoms with E-state index in [9.17, 15) is 31.4 Å². The molecule has 0 atom stereocenters. The smallest absolute Gasteiger partial charge is 0.430 e. The number of nitrogens with zero attached hydrogens (tertiary/aromatic N) is 1. The number of ether oxygens (including phenoxy) is 1. The average Bonchev–Trinajstić information content (AvgIpc) is 3.05. The van der Waals surface area contributed by atoms with E-state index in [1.165, 1.54) is 6.92 Å². The van der Waals surface area contributed by atoms with Gasteiger partial charge in [0.05, 0.1) is 0 Å². The van der Waals surface area contributed by atoms with E-state index in [1.54, 1.807) is 31.2 Å². The number of benzene rings is 2. The summed E-state index contributed by atoms with van der Waals surface area (Å²) in [4.78, 5) is 4.30. The Balaban J connectivity index is 1.83. The van der Waals surface area contributed by atoms with Gasteiger partial charge < -0.3 is 14.3 Å². The summed E-state index contributed by atoms with van der Waals surface area (Å²) in [7, 11) is 0. The number of rotatable bonds is 5. The zero-order chi connectivity index (χ0) is 23.9. The zero-order valence-corrected chi connectivity index (χ0v) is 17.4. The highest BCUT2D eigenvalue weighted by Gasteiger charge is 2.71. The van der Waals surface area contributed by atoms with Gasteiger partial charge in [-0.1, -0.05) is 23.7 Å². The lowest BCUT2D eigenvalue weighted by atomic mass is 9.91. The first-order valence-corrected chi connectivity index (χ1v) is 9.44. The van der Waals surface area contributed by atoms with Gasteiger partial charge in [-0.15, -0.1) is 0 Å². The van der Waals surface area contributed by atoms with Gasteiger partial charge in [0.25, 0.3) is 5.60 Å².